The van der Waals surface area contributed by atoms with E-state index in [-0.39, 0.29) is 11.9 Å². The zero-order valence-electron chi connectivity index (χ0n) is 11.1. The van der Waals surface area contributed by atoms with Crippen LogP contribution in [-0.4, -0.2) is 18.5 Å². The van der Waals surface area contributed by atoms with Crippen LogP contribution in [0.4, 0.5) is 0 Å². The molecule has 0 amide bonds. The summed E-state index contributed by atoms with van der Waals surface area (Å²) < 4.78 is 0. The number of hydrogen-bond donors (Lipinski definition) is 3. The number of rotatable bonds is 3. The topological polar surface area (TPSA) is 103 Å². The van der Waals surface area contributed by atoms with E-state index in [1.165, 1.54) is 22.3 Å². The van der Waals surface area contributed by atoms with Crippen molar-refractivity contribution in [2.24, 2.45) is 27.2 Å². The van der Waals surface area contributed by atoms with Crippen LogP contribution in [0.15, 0.2) is 34.3 Å². The normalized spacial score (nSPS) is 13.9. The highest BCUT2D eigenvalue weighted by atomic mass is 15.1. The van der Waals surface area contributed by atoms with E-state index in [0.717, 1.165) is 12.8 Å². The highest BCUT2D eigenvalue weighted by Gasteiger charge is 2.13. The summed E-state index contributed by atoms with van der Waals surface area (Å²) in [5, 5.41) is 0. The smallest absolute Gasteiger partial charge is 0.218 e. The maximum atomic E-state index is 5.56. The second kappa shape index (κ2) is 5.56. The number of aryl methyl sites for hydroxylation is 1. The van der Waals surface area contributed by atoms with Gasteiger partial charge < -0.3 is 17.2 Å². The third kappa shape index (κ3) is 3.34. The van der Waals surface area contributed by atoms with Gasteiger partial charge in [-0.2, -0.15) is 4.99 Å². The van der Waals surface area contributed by atoms with E-state index in [4.69, 9.17) is 17.2 Å². The fourth-order valence-corrected chi connectivity index (χ4v) is 2.21. The fourth-order valence-electron chi connectivity index (χ4n) is 2.21. The molecule has 0 spiro atoms. The van der Waals surface area contributed by atoms with Crippen molar-refractivity contribution in [1.29, 1.82) is 0 Å². The number of nitrogens with two attached hydrogens (primary N) is 3. The van der Waals surface area contributed by atoms with Gasteiger partial charge in [0.2, 0.25) is 5.96 Å². The van der Waals surface area contributed by atoms with Crippen LogP contribution in [0.3, 0.4) is 0 Å². The van der Waals surface area contributed by atoms with E-state index in [9.17, 15) is 0 Å². The summed E-state index contributed by atoms with van der Waals surface area (Å²) in [6, 6.07) is 6.55. The number of aliphatic imine (C=N–C) groups is 2. The molecule has 0 bridgehead atoms. The molecule has 1 aliphatic carbocycles. The summed E-state index contributed by atoms with van der Waals surface area (Å²) >= 11 is 0. The van der Waals surface area contributed by atoms with Crippen LogP contribution in [-0.2, 0) is 6.42 Å². The van der Waals surface area contributed by atoms with Crippen LogP contribution in [0.5, 0.6) is 0 Å². The van der Waals surface area contributed by atoms with Gasteiger partial charge in [-0.1, -0.05) is 29.8 Å². The number of fused-ring (bicyclic) bond motifs is 1. The predicted molar refractivity (Wildman–Crippen MR) is 79.8 cm³/mol. The van der Waals surface area contributed by atoms with Crippen molar-refractivity contribution < 1.29 is 0 Å². The Morgan fingerprint density at radius 3 is 2.79 bits per heavy atom. The van der Waals surface area contributed by atoms with Crippen molar-refractivity contribution in [2.75, 3.05) is 6.54 Å². The molecule has 5 nitrogen and oxygen atoms in total. The van der Waals surface area contributed by atoms with Gasteiger partial charge in [0.1, 0.15) is 0 Å². The second-order valence-electron chi connectivity index (χ2n) is 4.62. The minimum absolute atomic E-state index is 0.0673. The highest BCUT2D eigenvalue weighted by molar-refractivity contribution is 5.92. The molecule has 0 saturated heterocycles. The molecule has 0 aliphatic heterocycles. The van der Waals surface area contributed by atoms with E-state index >= 15 is 0 Å². The minimum atomic E-state index is -0.0673. The van der Waals surface area contributed by atoms with Gasteiger partial charge in [-0.05, 0) is 36.5 Å². The molecule has 1 aliphatic rings. The van der Waals surface area contributed by atoms with Crippen molar-refractivity contribution in [3.8, 4) is 0 Å². The Morgan fingerprint density at radius 1 is 1.26 bits per heavy atom. The first-order valence-corrected chi connectivity index (χ1v) is 6.25. The van der Waals surface area contributed by atoms with Crippen LogP contribution in [0.2, 0.25) is 0 Å². The number of guanidine groups is 2. The van der Waals surface area contributed by atoms with Crippen molar-refractivity contribution in [1.82, 2.24) is 0 Å². The van der Waals surface area contributed by atoms with Crippen molar-refractivity contribution in [3.05, 3.63) is 41.0 Å². The molecule has 5 heteroatoms. The second-order valence-corrected chi connectivity index (χ2v) is 4.62. The van der Waals surface area contributed by atoms with E-state index in [2.05, 4.69) is 41.2 Å². The molecule has 0 aromatic heterocycles. The van der Waals surface area contributed by atoms with Crippen molar-refractivity contribution >= 4 is 17.5 Å². The van der Waals surface area contributed by atoms with E-state index in [1.54, 1.807) is 0 Å². The standard InChI is InChI=1S/C14H19N5/c1-9-2-3-10-4-5-11(12(10)8-9)6-7-18-14(17)19-13(15)16/h2-3,5,8H,4,6-7H2,1H3,(H6,15,16,17,18,19). The number of nitrogens with zero attached hydrogens (tertiary/aromatic N) is 2. The largest absolute Gasteiger partial charge is 0.370 e. The van der Waals surface area contributed by atoms with Crippen LogP contribution >= 0.6 is 0 Å². The quantitative estimate of drug-likeness (QED) is 0.554. The van der Waals surface area contributed by atoms with Gasteiger partial charge >= 0.3 is 0 Å². The van der Waals surface area contributed by atoms with Crippen LogP contribution < -0.4 is 17.2 Å². The molecule has 100 valence electrons. The van der Waals surface area contributed by atoms with Crippen molar-refractivity contribution in [2.45, 2.75) is 19.8 Å². The fraction of sp³-hybridized carbons (Fsp3) is 0.286. The monoisotopic (exact) mass is 257 g/mol. The van der Waals surface area contributed by atoms with E-state index in [0.29, 0.717) is 6.54 Å². The van der Waals surface area contributed by atoms with Gasteiger partial charge in [-0.15, -0.1) is 0 Å². The summed E-state index contributed by atoms with van der Waals surface area (Å²) in [6.07, 6.45) is 4.09. The van der Waals surface area contributed by atoms with Gasteiger partial charge in [-0.25, -0.2) is 0 Å². The Morgan fingerprint density at radius 2 is 2.05 bits per heavy atom. The van der Waals surface area contributed by atoms with E-state index < -0.39 is 0 Å². The maximum Gasteiger partial charge on any atom is 0.218 e. The van der Waals surface area contributed by atoms with Crippen molar-refractivity contribution in [3.63, 3.8) is 0 Å². The number of benzene rings is 1. The lowest BCUT2D eigenvalue weighted by atomic mass is 10.0. The van der Waals surface area contributed by atoms with Crippen LogP contribution in [0.25, 0.3) is 5.57 Å². The Bertz CT molecular complexity index is 565. The number of hydrogen-bond acceptors (Lipinski definition) is 1. The maximum absolute atomic E-state index is 5.56. The molecular formula is C14H19N5. The average Bonchev–Trinajstić information content (AvgIpc) is 2.71. The molecule has 2 rings (SSSR count). The Hall–Kier alpha value is -2.30. The lowest BCUT2D eigenvalue weighted by Gasteiger charge is -2.05. The van der Waals surface area contributed by atoms with Crippen LogP contribution in [0.1, 0.15) is 23.1 Å². The Balaban J connectivity index is 2.00. The first-order chi connectivity index (χ1) is 9.06. The summed E-state index contributed by atoms with van der Waals surface area (Å²) in [5.41, 5.74) is 21.3. The minimum Gasteiger partial charge on any atom is -0.370 e. The first-order valence-electron chi connectivity index (χ1n) is 6.25. The molecule has 0 fully saturated rings. The molecule has 0 radical (unpaired) electrons. The average molecular weight is 257 g/mol. The van der Waals surface area contributed by atoms with Gasteiger partial charge in [0.05, 0.1) is 0 Å². The molecule has 0 atom stereocenters. The summed E-state index contributed by atoms with van der Waals surface area (Å²) in [4.78, 5) is 7.81. The summed E-state index contributed by atoms with van der Waals surface area (Å²) in [6.45, 7) is 2.69. The summed E-state index contributed by atoms with van der Waals surface area (Å²) in [7, 11) is 0. The van der Waals surface area contributed by atoms with Gasteiger partial charge in [0.15, 0.2) is 5.96 Å². The van der Waals surface area contributed by atoms with Gasteiger partial charge in [-0.3, -0.25) is 4.99 Å². The molecule has 6 N–H and O–H groups in total. The zero-order valence-corrected chi connectivity index (χ0v) is 11.1. The SMILES string of the molecule is Cc1ccc2c(c1)C(CCN=C(N)N=C(N)N)=CC2. The molecule has 19 heavy (non-hydrogen) atoms. The Labute approximate surface area is 112 Å². The zero-order chi connectivity index (χ0) is 13.8. The van der Waals surface area contributed by atoms with Gasteiger partial charge in [0.25, 0.3) is 0 Å². The highest BCUT2D eigenvalue weighted by Crippen LogP contribution is 2.30. The van der Waals surface area contributed by atoms with Gasteiger partial charge in [0, 0.05) is 6.54 Å². The first kappa shape index (κ1) is 13.1. The molecule has 0 saturated carbocycles. The predicted octanol–water partition coefficient (Wildman–Crippen LogP) is 0.913. The summed E-state index contributed by atoms with van der Waals surface area (Å²) in [5.74, 6) is 0.0605. The Kier molecular flexibility index (Phi) is 3.85. The lowest BCUT2D eigenvalue weighted by Crippen LogP contribution is -2.26. The third-order valence-corrected chi connectivity index (χ3v) is 3.08. The van der Waals surface area contributed by atoms with Crippen LogP contribution in [0, 0.1) is 6.92 Å². The molecule has 0 unspecified atom stereocenters. The third-order valence-electron chi connectivity index (χ3n) is 3.08. The number of allylic oxidation sites excluding steroid dienone is 1. The molecular weight excluding hydrogens is 238 g/mol. The van der Waals surface area contributed by atoms with E-state index in [1.807, 2.05) is 0 Å². The lowest BCUT2D eigenvalue weighted by molar-refractivity contribution is 1.01. The molecule has 0 heterocycles. The molecule has 1 aromatic carbocycles. The molecule has 1 aromatic rings.